The molecule has 0 unspecified atom stereocenters. The van der Waals surface area contributed by atoms with Crippen LogP contribution >= 0.6 is 11.8 Å². The fraction of sp³-hybridized carbons (Fsp3) is 0.528. The highest BCUT2D eigenvalue weighted by molar-refractivity contribution is 7.98. The predicted molar refractivity (Wildman–Crippen MR) is 186 cm³/mol. The van der Waals surface area contributed by atoms with Crippen molar-refractivity contribution in [3.8, 4) is 22.6 Å². The molecule has 0 aliphatic carbocycles. The van der Waals surface area contributed by atoms with Crippen LogP contribution in [0.2, 0.25) is 0 Å². The maximum Gasteiger partial charge on any atom is 0.254 e. The Kier molecular flexibility index (Phi) is 9.60. The number of ether oxygens (including phenoxy) is 3. The molecule has 47 heavy (non-hydrogen) atoms. The van der Waals surface area contributed by atoms with Crippen LogP contribution in [0.4, 0.5) is 5.82 Å². The molecule has 1 aromatic carbocycles. The number of morpholine rings is 1. The summed E-state index contributed by atoms with van der Waals surface area (Å²) in [5.41, 5.74) is 3.89. The van der Waals surface area contributed by atoms with Gasteiger partial charge in [0.2, 0.25) is 0 Å². The summed E-state index contributed by atoms with van der Waals surface area (Å²) in [6, 6.07) is 7.87. The average molecular weight is 662 g/mol. The lowest BCUT2D eigenvalue weighted by molar-refractivity contribution is -0.124. The van der Waals surface area contributed by atoms with Gasteiger partial charge in [-0.2, -0.15) is 0 Å². The van der Waals surface area contributed by atoms with E-state index in [-0.39, 0.29) is 36.1 Å². The first-order valence-corrected chi connectivity index (χ1v) is 17.9. The van der Waals surface area contributed by atoms with Crippen molar-refractivity contribution in [2.45, 2.75) is 83.8 Å². The Hall–Kier alpha value is -3.54. The number of aromatic amines is 1. The maximum atomic E-state index is 13.9. The minimum Gasteiger partial charge on any atom is -0.448 e. The lowest BCUT2D eigenvalue weighted by Crippen LogP contribution is -2.48. The first-order valence-electron chi connectivity index (χ1n) is 16.7. The summed E-state index contributed by atoms with van der Waals surface area (Å²) in [6.07, 6.45) is 5.96. The van der Waals surface area contributed by atoms with E-state index < -0.39 is 5.79 Å². The maximum absolute atomic E-state index is 13.9. The molecule has 10 nitrogen and oxygen atoms in total. The van der Waals surface area contributed by atoms with Gasteiger partial charge in [-0.1, -0.05) is 6.92 Å². The largest absolute Gasteiger partial charge is 0.448 e. The zero-order valence-corrected chi connectivity index (χ0v) is 29.4. The van der Waals surface area contributed by atoms with E-state index in [0.29, 0.717) is 28.2 Å². The molecule has 2 N–H and O–H groups in total. The molecule has 6 rings (SSSR count). The number of fused-ring (bicyclic) bond motifs is 1. The summed E-state index contributed by atoms with van der Waals surface area (Å²) in [5, 5.41) is 3.01. The Labute approximate surface area is 281 Å². The van der Waals surface area contributed by atoms with Gasteiger partial charge in [-0.3, -0.25) is 9.59 Å². The van der Waals surface area contributed by atoms with Crippen LogP contribution in [0.25, 0.3) is 11.1 Å². The standard InChI is InChI=1S/C36H47N5O5S/c1-8-40-13-11-26(12-14-40)36(6)45-32-24(5)27(34(42)38-18-29-30(47-7)15-21(2)39-35(29)43)16-28(33(32)46-36)25-9-10-31(37-17-25)41-19-22(3)44-23(4)20-41/h9-10,15-17,22-23,26H,8,11-14,18-20H2,1-7H3,(H,38,42)(H,39,43)/t22-,23+,36-/m0/s1. The second-order valence-electron chi connectivity index (χ2n) is 13.3. The number of aromatic nitrogens is 2. The smallest absolute Gasteiger partial charge is 0.254 e. The fourth-order valence-corrected chi connectivity index (χ4v) is 7.88. The van der Waals surface area contributed by atoms with Gasteiger partial charge in [-0.15, -0.1) is 11.8 Å². The molecule has 0 spiro atoms. The zero-order chi connectivity index (χ0) is 33.5. The SMILES string of the molecule is CCN1CCC([C@]2(C)Oc3c(-c4ccc(N5C[C@@H](C)O[C@@H](C)C5)nc4)cc(C(=O)NCc4c(SC)cc(C)[nH]c4=O)c(C)c3O2)CC1. The van der Waals surface area contributed by atoms with Gasteiger partial charge in [0.05, 0.1) is 12.2 Å². The van der Waals surface area contributed by atoms with Gasteiger partial charge >= 0.3 is 0 Å². The fourth-order valence-electron chi connectivity index (χ4n) is 7.17. The molecule has 1 amide bonds. The van der Waals surface area contributed by atoms with Crippen molar-refractivity contribution in [1.82, 2.24) is 20.2 Å². The molecular weight excluding hydrogens is 614 g/mol. The number of benzene rings is 1. The minimum absolute atomic E-state index is 0.105. The number of anilines is 1. The lowest BCUT2D eigenvalue weighted by atomic mass is 9.89. The number of rotatable bonds is 8. The van der Waals surface area contributed by atoms with Crippen LogP contribution in [-0.2, 0) is 11.3 Å². The van der Waals surface area contributed by atoms with Crippen molar-refractivity contribution in [1.29, 1.82) is 0 Å². The number of H-pyrrole nitrogens is 1. The van der Waals surface area contributed by atoms with E-state index in [9.17, 15) is 9.59 Å². The second kappa shape index (κ2) is 13.5. The van der Waals surface area contributed by atoms with Gasteiger partial charge in [-0.25, -0.2) is 4.98 Å². The molecular formula is C36H47N5O5S. The summed E-state index contributed by atoms with van der Waals surface area (Å²) in [4.78, 5) is 39.9. The summed E-state index contributed by atoms with van der Waals surface area (Å²) < 4.78 is 19.5. The van der Waals surface area contributed by atoms with Gasteiger partial charge < -0.3 is 34.3 Å². The molecule has 2 fully saturated rings. The Bertz CT molecular complexity index is 1680. The van der Waals surface area contributed by atoms with Crippen LogP contribution < -0.4 is 25.2 Å². The number of pyridine rings is 2. The summed E-state index contributed by atoms with van der Waals surface area (Å²) in [6.45, 7) is 16.8. The third-order valence-electron chi connectivity index (χ3n) is 9.79. The minimum atomic E-state index is -0.854. The highest BCUT2D eigenvalue weighted by Crippen LogP contribution is 2.52. The van der Waals surface area contributed by atoms with Crippen molar-refractivity contribution in [2.24, 2.45) is 5.92 Å². The van der Waals surface area contributed by atoms with Gasteiger partial charge in [0.15, 0.2) is 11.5 Å². The van der Waals surface area contributed by atoms with Crippen LogP contribution in [0, 0.1) is 19.8 Å². The van der Waals surface area contributed by atoms with Gasteiger partial charge in [0, 0.05) is 77.1 Å². The Morgan fingerprint density at radius 3 is 2.45 bits per heavy atom. The van der Waals surface area contributed by atoms with E-state index in [1.165, 1.54) is 11.8 Å². The predicted octanol–water partition coefficient (Wildman–Crippen LogP) is 5.54. The lowest BCUT2D eigenvalue weighted by Gasteiger charge is -2.38. The number of aryl methyl sites for hydroxylation is 1. The van der Waals surface area contributed by atoms with Crippen molar-refractivity contribution < 1.29 is 19.0 Å². The van der Waals surface area contributed by atoms with Crippen molar-refractivity contribution in [2.75, 3.05) is 43.9 Å². The Morgan fingerprint density at radius 2 is 1.81 bits per heavy atom. The molecule has 3 aromatic rings. The van der Waals surface area contributed by atoms with Gasteiger partial charge in [0.25, 0.3) is 17.3 Å². The number of amides is 1. The number of nitrogens with zero attached hydrogens (tertiary/aromatic N) is 3. The molecule has 11 heteroatoms. The highest BCUT2D eigenvalue weighted by atomic mass is 32.2. The highest BCUT2D eigenvalue weighted by Gasteiger charge is 2.47. The number of thioether (sulfide) groups is 1. The molecule has 0 saturated carbocycles. The molecule has 0 bridgehead atoms. The van der Waals surface area contributed by atoms with Crippen LogP contribution in [0.3, 0.4) is 0 Å². The quantitative estimate of drug-likeness (QED) is 0.301. The van der Waals surface area contributed by atoms with Gasteiger partial charge in [0.1, 0.15) is 5.82 Å². The zero-order valence-electron chi connectivity index (χ0n) is 28.6. The Morgan fingerprint density at radius 1 is 1.11 bits per heavy atom. The summed E-state index contributed by atoms with van der Waals surface area (Å²) >= 11 is 1.49. The second-order valence-corrected chi connectivity index (χ2v) is 14.1. The van der Waals surface area contributed by atoms with E-state index in [1.54, 1.807) is 0 Å². The molecule has 3 atom stereocenters. The average Bonchev–Trinajstić information content (AvgIpc) is 3.43. The van der Waals surface area contributed by atoms with E-state index >= 15 is 0 Å². The first kappa shape index (κ1) is 33.4. The van der Waals surface area contributed by atoms with Crippen molar-refractivity contribution >= 4 is 23.5 Å². The van der Waals surface area contributed by atoms with Crippen LogP contribution in [0.15, 0.2) is 40.2 Å². The van der Waals surface area contributed by atoms with Crippen LogP contribution in [-0.4, -0.2) is 77.7 Å². The first-order chi connectivity index (χ1) is 22.5. The van der Waals surface area contributed by atoms with Gasteiger partial charge in [-0.05, 0) is 90.7 Å². The number of carbonyl (C=O) groups is 1. The normalized spacial score (nSPS) is 23.3. The number of hydrogen-bond acceptors (Lipinski definition) is 9. The van der Waals surface area contributed by atoms with Crippen molar-refractivity contribution in [3.05, 3.63) is 63.2 Å². The van der Waals surface area contributed by atoms with Crippen molar-refractivity contribution in [3.63, 3.8) is 0 Å². The number of nitrogens with one attached hydrogen (secondary N) is 2. The topological polar surface area (TPSA) is 109 Å². The van der Waals surface area contributed by atoms with Crippen LogP contribution in [0.5, 0.6) is 11.5 Å². The third kappa shape index (κ3) is 6.75. The van der Waals surface area contributed by atoms with E-state index in [0.717, 1.165) is 73.1 Å². The molecule has 2 saturated heterocycles. The number of likely N-dealkylation sites (tertiary alicyclic amines) is 1. The summed E-state index contributed by atoms with van der Waals surface area (Å²) in [7, 11) is 0. The molecule has 252 valence electrons. The molecule has 3 aliphatic heterocycles. The molecule has 2 aromatic heterocycles. The number of piperidine rings is 1. The Balaban J connectivity index is 1.34. The van der Waals surface area contributed by atoms with E-state index in [4.69, 9.17) is 19.2 Å². The monoisotopic (exact) mass is 661 g/mol. The third-order valence-corrected chi connectivity index (χ3v) is 10.6. The number of carbonyl (C=O) groups excluding carboxylic acids is 1. The van der Waals surface area contributed by atoms with Crippen LogP contribution in [0.1, 0.15) is 67.7 Å². The van der Waals surface area contributed by atoms with E-state index in [1.807, 2.05) is 57.5 Å². The number of hydrogen-bond donors (Lipinski definition) is 2. The summed E-state index contributed by atoms with van der Waals surface area (Å²) in [5.74, 6) is 1.18. The molecule has 5 heterocycles. The van der Waals surface area contributed by atoms with E-state index in [2.05, 4.69) is 40.9 Å². The molecule has 0 radical (unpaired) electrons. The molecule has 3 aliphatic rings.